The summed E-state index contributed by atoms with van der Waals surface area (Å²) in [5, 5.41) is 1.18. The van der Waals surface area contributed by atoms with Gasteiger partial charge in [-0.2, -0.15) is 0 Å². The molecule has 0 N–H and O–H groups in total. The van der Waals surface area contributed by atoms with Crippen molar-refractivity contribution in [2.75, 3.05) is 43.0 Å². The summed E-state index contributed by atoms with van der Waals surface area (Å²) in [4.78, 5) is 23.6. The van der Waals surface area contributed by atoms with Crippen LogP contribution in [0.5, 0.6) is 0 Å². The average molecular weight is 401 g/mol. The van der Waals surface area contributed by atoms with Crippen LogP contribution in [0.4, 0.5) is 11.6 Å². The van der Waals surface area contributed by atoms with Crippen molar-refractivity contribution in [2.24, 2.45) is 10.9 Å². The first-order chi connectivity index (χ1) is 14.8. The van der Waals surface area contributed by atoms with E-state index >= 15 is 0 Å². The number of hydrogen-bond acceptors (Lipinski definition) is 6. The fourth-order valence-electron chi connectivity index (χ4n) is 4.72. The maximum atomic E-state index is 4.84. The topological polar surface area (TPSA) is 57.5 Å². The molecule has 2 aliphatic rings. The summed E-state index contributed by atoms with van der Waals surface area (Å²) >= 11 is 0. The maximum Gasteiger partial charge on any atom is 0.151 e. The number of pyridine rings is 1. The Morgan fingerprint density at radius 2 is 1.83 bits per heavy atom. The van der Waals surface area contributed by atoms with Gasteiger partial charge in [0.2, 0.25) is 0 Å². The van der Waals surface area contributed by atoms with E-state index in [-0.39, 0.29) is 0 Å². The van der Waals surface area contributed by atoms with Gasteiger partial charge in [0.15, 0.2) is 5.82 Å². The third-order valence-corrected chi connectivity index (χ3v) is 6.37. The molecule has 0 spiro atoms. The highest BCUT2D eigenvalue weighted by atomic mass is 15.3. The predicted molar refractivity (Wildman–Crippen MR) is 123 cm³/mol. The second-order valence-electron chi connectivity index (χ2n) is 8.31. The van der Waals surface area contributed by atoms with Gasteiger partial charge in [-0.25, -0.2) is 9.97 Å². The molecule has 0 bridgehead atoms. The molecule has 0 radical (unpaired) electrons. The Hall–Kier alpha value is -3.02. The standard InChI is InChI=1S/C24H28N6/c1-3-6-18-13-30(16-21(18)25-2)24-23(26-11-12-27-24)19-14-29(15-19)22-10-9-17-7-4-5-8-20(17)28-22/h4-5,7-12,18-19H,3,6,13-16H2,1-2H3/b25-21+/t18-/m1/s1. The highest BCUT2D eigenvalue weighted by Crippen LogP contribution is 2.35. The zero-order valence-electron chi connectivity index (χ0n) is 17.7. The lowest BCUT2D eigenvalue weighted by atomic mass is 9.95. The molecule has 0 aliphatic carbocycles. The Balaban J connectivity index is 1.33. The lowest BCUT2D eigenvalue weighted by Crippen LogP contribution is -2.46. The van der Waals surface area contributed by atoms with Crippen molar-refractivity contribution in [3.05, 3.63) is 54.5 Å². The minimum absolute atomic E-state index is 0.384. The normalized spacial score (nSPS) is 20.9. The molecule has 3 aromatic rings. The zero-order valence-corrected chi connectivity index (χ0v) is 17.7. The highest BCUT2D eigenvalue weighted by Gasteiger charge is 2.36. The Kier molecular flexibility index (Phi) is 5.07. The summed E-state index contributed by atoms with van der Waals surface area (Å²) in [7, 11) is 1.92. The van der Waals surface area contributed by atoms with E-state index in [1.165, 1.54) is 23.9 Å². The van der Waals surface area contributed by atoms with Crippen molar-refractivity contribution in [1.82, 2.24) is 15.0 Å². The van der Waals surface area contributed by atoms with Crippen molar-refractivity contribution < 1.29 is 0 Å². The summed E-state index contributed by atoms with van der Waals surface area (Å²) in [6, 6.07) is 12.5. The van der Waals surface area contributed by atoms with Gasteiger partial charge in [-0.1, -0.05) is 31.5 Å². The van der Waals surface area contributed by atoms with Crippen LogP contribution >= 0.6 is 0 Å². The smallest absolute Gasteiger partial charge is 0.151 e. The van der Waals surface area contributed by atoms with Crippen molar-refractivity contribution in [3.8, 4) is 0 Å². The molecule has 0 saturated carbocycles. The molecule has 2 saturated heterocycles. The number of aromatic nitrogens is 3. The summed E-state index contributed by atoms with van der Waals surface area (Å²) in [6.07, 6.45) is 6.01. The fourth-order valence-corrected chi connectivity index (χ4v) is 4.72. The predicted octanol–water partition coefficient (Wildman–Crippen LogP) is 3.94. The maximum absolute atomic E-state index is 4.84. The second kappa shape index (κ2) is 8.01. The van der Waals surface area contributed by atoms with Gasteiger partial charge in [0.25, 0.3) is 0 Å². The van der Waals surface area contributed by atoms with Gasteiger partial charge in [0.1, 0.15) is 5.82 Å². The summed E-state index contributed by atoms with van der Waals surface area (Å²) in [6.45, 7) is 5.97. The SMILES string of the molecule is CCC[C@@H]1CN(c2nccnc2C2CN(c3ccc4ccccc4n3)C2)C/C1=N\C. The van der Waals surface area contributed by atoms with Gasteiger partial charge >= 0.3 is 0 Å². The second-order valence-corrected chi connectivity index (χ2v) is 8.31. The van der Waals surface area contributed by atoms with Crippen LogP contribution in [-0.2, 0) is 0 Å². The molecule has 0 amide bonds. The van der Waals surface area contributed by atoms with E-state index in [1.54, 1.807) is 0 Å². The first-order valence-corrected chi connectivity index (χ1v) is 10.9. The molecule has 1 atom stereocenters. The minimum Gasteiger partial charge on any atom is -0.355 e. The van der Waals surface area contributed by atoms with Gasteiger partial charge in [0.05, 0.1) is 17.8 Å². The Morgan fingerprint density at radius 1 is 1.00 bits per heavy atom. The van der Waals surface area contributed by atoms with Crippen LogP contribution in [0.1, 0.15) is 31.4 Å². The van der Waals surface area contributed by atoms with Gasteiger partial charge in [-0.15, -0.1) is 0 Å². The fraction of sp³-hybridized carbons (Fsp3) is 0.417. The zero-order chi connectivity index (χ0) is 20.5. The van der Waals surface area contributed by atoms with Crippen molar-refractivity contribution >= 4 is 28.3 Å². The van der Waals surface area contributed by atoms with Crippen LogP contribution in [0.15, 0.2) is 53.8 Å². The van der Waals surface area contributed by atoms with Crippen molar-refractivity contribution in [1.29, 1.82) is 0 Å². The van der Waals surface area contributed by atoms with Crippen LogP contribution in [0, 0.1) is 5.92 Å². The number of aliphatic imine (C=N–C) groups is 1. The van der Waals surface area contributed by atoms with E-state index in [1.807, 2.05) is 25.5 Å². The largest absolute Gasteiger partial charge is 0.355 e. The molecule has 6 nitrogen and oxygen atoms in total. The van der Waals surface area contributed by atoms with Gasteiger partial charge < -0.3 is 9.80 Å². The van der Waals surface area contributed by atoms with E-state index in [0.717, 1.165) is 49.0 Å². The van der Waals surface area contributed by atoms with Crippen LogP contribution in [-0.4, -0.2) is 53.9 Å². The van der Waals surface area contributed by atoms with Crippen LogP contribution in [0.3, 0.4) is 0 Å². The lowest BCUT2D eigenvalue weighted by Gasteiger charge is -2.40. The molecule has 2 aliphatic heterocycles. The first-order valence-electron chi connectivity index (χ1n) is 10.9. The molecule has 154 valence electrons. The number of fused-ring (bicyclic) bond motifs is 1. The molecule has 6 heteroatoms. The number of anilines is 2. The first kappa shape index (κ1) is 19.0. The van der Waals surface area contributed by atoms with E-state index in [2.05, 4.69) is 52.0 Å². The van der Waals surface area contributed by atoms with Crippen LogP contribution < -0.4 is 9.80 Å². The highest BCUT2D eigenvalue weighted by molar-refractivity contribution is 5.94. The van der Waals surface area contributed by atoms with Gasteiger partial charge in [-0.05, 0) is 24.6 Å². The third-order valence-electron chi connectivity index (χ3n) is 6.37. The monoisotopic (exact) mass is 400 g/mol. The molecule has 1 aromatic carbocycles. The van der Waals surface area contributed by atoms with Crippen LogP contribution in [0.25, 0.3) is 10.9 Å². The number of hydrogen-bond donors (Lipinski definition) is 0. The number of nitrogens with zero attached hydrogens (tertiary/aromatic N) is 6. The Bertz CT molecular complexity index is 1070. The van der Waals surface area contributed by atoms with Crippen LogP contribution in [0.2, 0.25) is 0 Å². The Labute approximate surface area is 177 Å². The molecule has 4 heterocycles. The summed E-state index contributed by atoms with van der Waals surface area (Å²) < 4.78 is 0. The van der Waals surface area contributed by atoms with E-state index < -0.39 is 0 Å². The molecule has 5 rings (SSSR count). The molecule has 2 aromatic heterocycles. The lowest BCUT2D eigenvalue weighted by molar-refractivity contribution is 0.506. The van der Waals surface area contributed by atoms with Crippen molar-refractivity contribution in [2.45, 2.75) is 25.7 Å². The minimum atomic E-state index is 0.384. The summed E-state index contributed by atoms with van der Waals surface area (Å²) in [5.74, 6) is 3.00. The molecule has 2 fully saturated rings. The number of benzene rings is 1. The van der Waals surface area contributed by atoms with Gasteiger partial charge in [-0.3, -0.25) is 9.98 Å². The average Bonchev–Trinajstić information content (AvgIpc) is 3.16. The molecule has 30 heavy (non-hydrogen) atoms. The van der Waals surface area contributed by atoms with E-state index in [0.29, 0.717) is 11.8 Å². The summed E-state index contributed by atoms with van der Waals surface area (Å²) in [5.41, 5.74) is 3.45. The quantitative estimate of drug-likeness (QED) is 0.649. The molecule has 0 unspecified atom stereocenters. The molecular formula is C24H28N6. The van der Waals surface area contributed by atoms with Crippen molar-refractivity contribution in [3.63, 3.8) is 0 Å². The number of rotatable bonds is 5. The molecular weight excluding hydrogens is 372 g/mol. The Morgan fingerprint density at radius 3 is 2.67 bits per heavy atom. The van der Waals surface area contributed by atoms with E-state index in [9.17, 15) is 0 Å². The van der Waals surface area contributed by atoms with E-state index in [4.69, 9.17) is 15.0 Å². The third kappa shape index (κ3) is 3.40. The number of para-hydroxylation sites is 1. The van der Waals surface area contributed by atoms with Gasteiger partial charge in [0, 0.05) is 62.0 Å².